The van der Waals surface area contributed by atoms with Gasteiger partial charge in [0.2, 0.25) is 5.91 Å². The normalized spacial score (nSPS) is 17.1. The number of benzene rings is 1. The van der Waals surface area contributed by atoms with Gasteiger partial charge in [0.15, 0.2) is 0 Å². The first-order valence-electron chi connectivity index (χ1n) is 10.5. The molecule has 1 aliphatic heterocycles. The average Bonchev–Trinajstić information content (AvgIpc) is 3.33. The number of nitrogens with zero attached hydrogens (tertiary/aromatic N) is 5. The fourth-order valence-electron chi connectivity index (χ4n) is 4.54. The number of carbonyl (C=O) groups excluding carboxylic acids is 1. The number of fused-ring (bicyclic) bond motifs is 3. The first-order valence-corrected chi connectivity index (χ1v) is 11.4. The number of hydrogen-bond donors (Lipinski definition) is 0. The molecule has 1 amide bonds. The molecule has 160 valence electrons. The Morgan fingerprint density at radius 3 is 2.77 bits per heavy atom. The number of aromatic nitrogens is 3. The van der Waals surface area contributed by atoms with Crippen LogP contribution in [0.4, 0.5) is 5.69 Å². The van der Waals surface area contributed by atoms with E-state index in [0.29, 0.717) is 24.4 Å². The van der Waals surface area contributed by atoms with Gasteiger partial charge in [-0.2, -0.15) is 5.10 Å². The smallest absolute Gasteiger partial charge is 0.291 e. The van der Waals surface area contributed by atoms with Crippen molar-refractivity contribution in [2.24, 2.45) is 0 Å². The van der Waals surface area contributed by atoms with Gasteiger partial charge in [0.05, 0.1) is 10.2 Å². The lowest BCUT2D eigenvalue weighted by atomic mass is 10.1. The summed E-state index contributed by atoms with van der Waals surface area (Å²) in [6.07, 6.45) is 0. The average molecular weight is 436 g/mol. The molecule has 0 saturated carbocycles. The lowest BCUT2D eigenvalue weighted by molar-refractivity contribution is -0.132. The van der Waals surface area contributed by atoms with Crippen LogP contribution < -0.4 is 10.5 Å². The highest BCUT2D eigenvalue weighted by Crippen LogP contribution is 2.25. The van der Waals surface area contributed by atoms with Gasteiger partial charge in [0.25, 0.3) is 5.56 Å². The molecule has 0 N–H and O–H groups in total. The number of rotatable bonds is 3. The molecule has 1 aliphatic rings. The van der Waals surface area contributed by atoms with Crippen molar-refractivity contribution in [3.05, 3.63) is 63.5 Å². The maximum Gasteiger partial charge on any atom is 0.291 e. The summed E-state index contributed by atoms with van der Waals surface area (Å²) >= 11 is 1.60. The van der Waals surface area contributed by atoms with E-state index in [1.807, 2.05) is 33.7 Å². The maximum absolute atomic E-state index is 13.0. The van der Waals surface area contributed by atoms with Crippen LogP contribution >= 0.6 is 11.3 Å². The Kier molecular flexibility index (Phi) is 4.81. The Hall–Kier alpha value is -3.13. The summed E-state index contributed by atoms with van der Waals surface area (Å²) in [7, 11) is 0. The Morgan fingerprint density at radius 2 is 2.00 bits per heavy atom. The Bertz CT molecular complexity index is 1350. The summed E-state index contributed by atoms with van der Waals surface area (Å²) in [5, 5.41) is 6.45. The number of carbonyl (C=O) groups is 1. The Balaban J connectivity index is 1.35. The molecule has 1 unspecified atom stereocenters. The number of hydrogen-bond acceptors (Lipinski definition) is 5. The van der Waals surface area contributed by atoms with E-state index in [-0.39, 0.29) is 24.1 Å². The fraction of sp³-hybridized carbons (Fsp3) is 0.348. The van der Waals surface area contributed by atoms with E-state index >= 15 is 0 Å². The van der Waals surface area contributed by atoms with Crippen molar-refractivity contribution in [1.29, 1.82) is 0 Å². The van der Waals surface area contributed by atoms with Crippen LogP contribution in [0.25, 0.3) is 15.7 Å². The Morgan fingerprint density at radius 1 is 1.16 bits per heavy atom. The quantitative estimate of drug-likeness (QED) is 0.496. The van der Waals surface area contributed by atoms with E-state index in [1.165, 1.54) is 15.9 Å². The predicted molar refractivity (Wildman–Crippen MR) is 124 cm³/mol. The van der Waals surface area contributed by atoms with Crippen molar-refractivity contribution in [1.82, 2.24) is 19.1 Å². The Labute approximate surface area is 184 Å². The van der Waals surface area contributed by atoms with Crippen molar-refractivity contribution < 1.29 is 4.79 Å². The van der Waals surface area contributed by atoms with Crippen LogP contribution in [0.1, 0.15) is 18.3 Å². The van der Waals surface area contributed by atoms with Gasteiger partial charge in [-0.15, -0.1) is 11.3 Å². The second kappa shape index (κ2) is 7.53. The zero-order chi connectivity index (χ0) is 21.7. The molecule has 7 nitrogen and oxygen atoms in total. The molecule has 1 fully saturated rings. The van der Waals surface area contributed by atoms with Crippen molar-refractivity contribution in [2.45, 2.75) is 33.4 Å². The minimum Gasteiger partial charge on any atom is -0.365 e. The van der Waals surface area contributed by atoms with E-state index < -0.39 is 0 Å². The zero-order valence-electron chi connectivity index (χ0n) is 17.9. The first-order chi connectivity index (χ1) is 14.9. The minimum atomic E-state index is -0.228. The molecule has 0 aliphatic carbocycles. The molecule has 5 rings (SSSR count). The summed E-state index contributed by atoms with van der Waals surface area (Å²) < 4.78 is 4.23. The molecule has 0 radical (unpaired) electrons. The summed E-state index contributed by atoms with van der Waals surface area (Å²) in [5.41, 5.74) is 3.74. The molecular formula is C23H25N5O2S. The van der Waals surface area contributed by atoms with Crippen molar-refractivity contribution in [3.63, 3.8) is 0 Å². The monoisotopic (exact) mass is 435 g/mol. The molecule has 0 spiro atoms. The van der Waals surface area contributed by atoms with E-state index in [9.17, 15) is 9.59 Å². The first kappa shape index (κ1) is 19.8. The number of amides is 1. The fourth-order valence-corrected chi connectivity index (χ4v) is 5.34. The summed E-state index contributed by atoms with van der Waals surface area (Å²) in [5.74, 6) is 0.635. The molecule has 3 aromatic heterocycles. The predicted octanol–water partition coefficient (Wildman–Crippen LogP) is 3.06. The van der Waals surface area contributed by atoms with E-state index in [4.69, 9.17) is 0 Å². The van der Waals surface area contributed by atoms with Crippen LogP contribution in [0, 0.1) is 13.8 Å². The van der Waals surface area contributed by atoms with Gasteiger partial charge < -0.3 is 9.80 Å². The highest BCUT2D eigenvalue weighted by atomic mass is 32.1. The summed E-state index contributed by atoms with van der Waals surface area (Å²) in [6.45, 7) is 8.09. The standard InChI is InChI=1S/C23H25N5O2S/c1-15-5-4-6-18(11-15)26-9-8-25(13-16(26)2)22(29)14-27-23(30)20-12-21-19(7-10-31-21)28(20)17(3)24-27/h4-7,10-12,16H,8-9,13-14H2,1-3H3. The third-order valence-corrected chi connectivity index (χ3v) is 6.92. The van der Waals surface area contributed by atoms with E-state index in [2.05, 4.69) is 48.1 Å². The van der Waals surface area contributed by atoms with Crippen molar-refractivity contribution in [2.75, 3.05) is 24.5 Å². The van der Waals surface area contributed by atoms with Crippen LogP contribution in [0.2, 0.25) is 0 Å². The van der Waals surface area contributed by atoms with Crippen LogP contribution in [-0.2, 0) is 11.3 Å². The van der Waals surface area contributed by atoms with Crippen LogP contribution in [-0.4, -0.2) is 50.7 Å². The summed E-state index contributed by atoms with van der Waals surface area (Å²) in [6, 6.07) is 12.5. The lowest BCUT2D eigenvalue weighted by Gasteiger charge is -2.41. The SMILES string of the molecule is Cc1cccc(N2CCN(C(=O)Cn3nc(C)n4c(cc5sccc54)c3=O)CC2C)c1. The highest BCUT2D eigenvalue weighted by Gasteiger charge is 2.27. The molecule has 1 atom stereocenters. The molecule has 4 heterocycles. The maximum atomic E-state index is 13.0. The molecule has 0 bridgehead atoms. The number of anilines is 1. The van der Waals surface area contributed by atoms with Crippen molar-refractivity contribution in [3.8, 4) is 0 Å². The second-order valence-electron chi connectivity index (χ2n) is 8.27. The second-order valence-corrected chi connectivity index (χ2v) is 9.21. The molecular weight excluding hydrogens is 410 g/mol. The van der Waals surface area contributed by atoms with Gasteiger partial charge >= 0.3 is 0 Å². The molecule has 1 aromatic carbocycles. The third-order valence-electron chi connectivity index (χ3n) is 6.06. The van der Waals surface area contributed by atoms with Gasteiger partial charge in [-0.3, -0.25) is 14.0 Å². The molecule has 31 heavy (non-hydrogen) atoms. The van der Waals surface area contributed by atoms with E-state index in [0.717, 1.165) is 16.8 Å². The molecule has 1 saturated heterocycles. The lowest BCUT2D eigenvalue weighted by Crippen LogP contribution is -2.54. The highest BCUT2D eigenvalue weighted by molar-refractivity contribution is 7.17. The van der Waals surface area contributed by atoms with Crippen molar-refractivity contribution >= 4 is 38.7 Å². The van der Waals surface area contributed by atoms with Crippen LogP contribution in [0.3, 0.4) is 0 Å². The topological polar surface area (TPSA) is 62.9 Å². The number of piperazine rings is 1. The molecule has 4 aromatic rings. The van der Waals surface area contributed by atoms with Crippen LogP contribution in [0.15, 0.2) is 46.6 Å². The summed E-state index contributed by atoms with van der Waals surface area (Å²) in [4.78, 5) is 30.2. The van der Waals surface area contributed by atoms with E-state index in [1.54, 1.807) is 11.3 Å². The van der Waals surface area contributed by atoms with Gasteiger partial charge in [0.1, 0.15) is 17.9 Å². The van der Waals surface area contributed by atoms with Gasteiger partial charge in [-0.25, -0.2) is 4.68 Å². The zero-order valence-corrected chi connectivity index (χ0v) is 18.7. The number of thiophene rings is 1. The van der Waals surface area contributed by atoms with Gasteiger partial charge in [-0.1, -0.05) is 12.1 Å². The number of aryl methyl sites for hydroxylation is 2. The van der Waals surface area contributed by atoms with Crippen LogP contribution in [0.5, 0.6) is 0 Å². The molecule has 8 heteroatoms. The van der Waals surface area contributed by atoms with Gasteiger partial charge in [0, 0.05) is 31.4 Å². The third kappa shape index (κ3) is 3.40. The largest absolute Gasteiger partial charge is 0.365 e. The minimum absolute atomic E-state index is 0.0355. The van der Waals surface area contributed by atoms with Gasteiger partial charge in [-0.05, 0) is 56.0 Å².